The molecule has 0 saturated carbocycles. The third-order valence-electron chi connectivity index (χ3n) is 4.84. The molecule has 0 bridgehead atoms. The normalized spacial score (nSPS) is 14.3. The van der Waals surface area contributed by atoms with Crippen LogP contribution in [0.3, 0.4) is 0 Å². The number of carbonyl (C=O) groups excluding carboxylic acids is 2. The van der Waals surface area contributed by atoms with Crippen LogP contribution in [0.25, 0.3) is 11.0 Å². The summed E-state index contributed by atoms with van der Waals surface area (Å²) in [5.74, 6) is 0.558. The number of Topliss-reactive ketones (excluding diaryl/α,β-unsaturated/α-hetero) is 1. The molecule has 0 radical (unpaired) electrons. The van der Waals surface area contributed by atoms with E-state index in [1.54, 1.807) is 4.90 Å². The van der Waals surface area contributed by atoms with Crippen LogP contribution in [0, 0.1) is 0 Å². The van der Waals surface area contributed by atoms with E-state index in [0.717, 1.165) is 41.4 Å². The van der Waals surface area contributed by atoms with Gasteiger partial charge in [0.05, 0.1) is 16.8 Å². The quantitative estimate of drug-likeness (QED) is 0.477. The Kier molecular flexibility index (Phi) is 4.99. The summed E-state index contributed by atoms with van der Waals surface area (Å²) in [4.78, 5) is 30.9. The van der Waals surface area contributed by atoms with Gasteiger partial charge in [-0.15, -0.1) is 0 Å². The molecule has 6 heteroatoms. The highest BCUT2D eigenvalue weighted by atomic mass is 32.2. The number of hydrogen-bond acceptors (Lipinski definition) is 4. The molecule has 27 heavy (non-hydrogen) atoms. The minimum Gasteiger partial charge on any atom is -0.319 e. The Morgan fingerprint density at radius 2 is 1.93 bits per heavy atom. The Morgan fingerprint density at radius 3 is 2.63 bits per heavy atom. The zero-order valence-corrected chi connectivity index (χ0v) is 16.0. The van der Waals surface area contributed by atoms with E-state index < -0.39 is 0 Å². The number of imidazole rings is 1. The monoisotopic (exact) mass is 379 g/mol. The van der Waals surface area contributed by atoms with Crippen LogP contribution in [0.2, 0.25) is 0 Å². The van der Waals surface area contributed by atoms with Crippen molar-refractivity contribution in [1.82, 2.24) is 9.55 Å². The summed E-state index contributed by atoms with van der Waals surface area (Å²) in [6.07, 6.45) is 1.50. The summed E-state index contributed by atoms with van der Waals surface area (Å²) in [5.41, 5.74) is 3.58. The molecule has 1 aliphatic rings. The Balaban J connectivity index is 1.46. The number of benzene rings is 2. The number of aromatic nitrogens is 2. The molecule has 1 aromatic heterocycles. The van der Waals surface area contributed by atoms with Gasteiger partial charge in [-0.2, -0.15) is 0 Å². The Hall–Kier alpha value is -2.60. The molecule has 1 aliphatic heterocycles. The fourth-order valence-corrected chi connectivity index (χ4v) is 4.40. The van der Waals surface area contributed by atoms with Crippen molar-refractivity contribution >= 4 is 40.2 Å². The molecular formula is C21H21N3O2S. The lowest BCUT2D eigenvalue weighted by atomic mass is 10.1. The molecule has 2 aromatic carbocycles. The van der Waals surface area contributed by atoms with Gasteiger partial charge in [-0.1, -0.05) is 23.9 Å². The van der Waals surface area contributed by atoms with Crippen LogP contribution < -0.4 is 4.90 Å². The van der Waals surface area contributed by atoms with E-state index in [-0.39, 0.29) is 11.7 Å². The van der Waals surface area contributed by atoms with Gasteiger partial charge < -0.3 is 9.47 Å². The minimum absolute atomic E-state index is 0.0639. The summed E-state index contributed by atoms with van der Waals surface area (Å²) >= 11 is 1.47. The average Bonchev–Trinajstić information content (AvgIpc) is 3.29. The molecule has 2 heterocycles. The number of anilines is 1. The number of fused-ring (bicyclic) bond motifs is 1. The topological polar surface area (TPSA) is 55.2 Å². The van der Waals surface area contributed by atoms with E-state index in [4.69, 9.17) is 0 Å². The van der Waals surface area contributed by atoms with E-state index in [1.807, 2.05) is 42.5 Å². The number of hydrogen-bond donors (Lipinski definition) is 0. The molecule has 3 aromatic rings. The Bertz CT molecular complexity index is 994. The predicted molar refractivity (Wildman–Crippen MR) is 108 cm³/mol. The van der Waals surface area contributed by atoms with Crippen LogP contribution in [0.1, 0.15) is 30.1 Å². The van der Waals surface area contributed by atoms with Crippen molar-refractivity contribution in [3.63, 3.8) is 0 Å². The second-order valence-electron chi connectivity index (χ2n) is 6.54. The SMILES string of the molecule is CCn1c(SCC(=O)c2ccc(N3CCCC3=O)cc2)nc2ccccc21. The highest BCUT2D eigenvalue weighted by molar-refractivity contribution is 7.99. The number of rotatable bonds is 6. The average molecular weight is 379 g/mol. The predicted octanol–water partition coefficient (Wildman–Crippen LogP) is 4.16. The van der Waals surface area contributed by atoms with Crippen LogP contribution in [-0.4, -0.2) is 33.5 Å². The first-order valence-electron chi connectivity index (χ1n) is 9.19. The summed E-state index contributed by atoms with van der Waals surface area (Å²) in [6, 6.07) is 15.4. The summed E-state index contributed by atoms with van der Waals surface area (Å²) in [6.45, 7) is 3.66. The lowest BCUT2D eigenvalue weighted by molar-refractivity contribution is -0.117. The number of thioether (sulfide) groups is 1. The minimum atomic E-state index is 0.0639. The molecule has 0 spiro atoms. The maximum atomic E-state index is 12.6. The number of amides is 1. The van der Waals surface area contributed by atoms with Gasteiger partial charge in [0.1, 0.15) is 0 Å². The van der Waals surface area contributed by atoms with Gasteiger partial charge in [0, 0.05) is 30.8 Å². The van der Waals surface area contributed by atoms with E-state index in [2.05, 4.69) is 22.5 Å². The Morgan fingerprint density at radius 1 is 1.15 bits per heavy atom. The van der Waals surface area contributed by atoms with Crippen LogP contribution >= 0.6 is 11.8 Å². The maximum Gasteiger partial charge on any atom is 0.227 e. The van der Waals surface area contributed by atoms with Crippen LogP contribution in [0.4, 0.5) is 5.69 Å². The molecule has 5 nitrogen and oxygen atoms in total. The molecule has 0 N–H and O–H groups in total. The zero-order chi connectivity index (χ0) is 18.8. The molecule has 1 fully saturated rings. The largest absolute Gasteiger partial charge is 0.319 e. The fourth-order valence-electron chi connectivity index (χ4n) is 3.43. The van der Waals surface area contributed by atoms with Crippen LogP contribution in [0.5, 0.6) is 0 Å². The lowest BCUT2D eigenvalue weighted by Gasteiger charge is -2.15. The van der Waals surface area contributed by atoms with E-state index in [1.165, 1.54) is 11.8 Å². The molecular weight excluding hydrogens is 358 g/mol. The molecule has 138 valence electrons. The van der Waals surface area contributed by atoms with Crippen molar-refractivity contribution in [2.45, 2.75) is 31.5 Å². The van der Waals surface area contributed by atoms with Gasteiger partial charge in [-0.25, -0.2) is 4.98 Å². The smallest absolute Gasteiger partial charge is 0.227 e. The van der Waals surface area contributed by atoms with Gasteiger partial charge >= 0.3 is 0 Å². The van der Waals surface area contributed by atoms with E-state index in [9.17, 15) is 9.59 Å². The lowest BCUT2D eigenvalue weighted by Crippen LogP contribution is -2.23. The second-order valence-corrected chi connectivity index (χ2v) is 7.48. The van der Waals surface area contributed by atoms with E-state index >= 15 is 0 Å². The van der Waals surface area contributed by atoms with Gasteiger partial charge in [0.25, 0.3) is 0 Å². The highest BCUT2D eigenvalue weighted by Gasteiger charge is 2.21. The molecule has 1 amide bonds. The van der Waals surface area contributed by atoms with Gasteiger partial charge in [-0.3, -0.25) is 9.59 Å². The first kappa shape index (κ1) is 17.8. The van der Waals surface area contributed by atoms with Gasteiger partial charge in [0.2, 0.25) is 5.91 Å². The van der Waals surface area contributed by atoms with Crippen molar-refractivity contribution in [3.05, 3.63) is 54.1 Å². The molecule has 0 aliphatic carbocycles. The van der Waals surface area contributed by atoms with Crippen molar-refractivity contribution in [1.29, 1.82) is 0 Å². The van der Waals surface area contributed by atoms with Gasteiger partial charge in [-0.05, 0) is 49.7 Å². The molecule has 0 unspecified atom stereocenters. The molecule has 0 atom stereocenters. The van der Waals surface area contributed by atoms with E-state index in [0.29, 0.717) is 17.7 Å². The zero-order valence-electron chi connectivity index (χ0n) is 15.2. The second kappa shape index (κ2) is 7.56. The van der Waals surface area contributed by atoms with Crippen LogP contribution in [0.15, 0.2) is 53.7 Å². The number of aryl methyl sites for hydroxylation is 1. The highest BCUT2D eigenvalue weighted by Crippen LogP contribution is 2.26. The van der Waals surface area contributed by atoms with Crippen molar-refractivity contribution in [3.8, 4) is 0 Å². The molecule has 4 rings (SSSR count). The number of nitrogens with zero attached hydrogens (tertiary/aromatic N) is 3. The summed E-state index contributed by atoms with van der Waals surface area (Å²) in [7, 11) is 0. The Labute approximate surface area is 162 Å². The van der Waals surface area contributed by atoms with Crippen LogP contribution in [-0.2, 0) is 11.3 Å². The molecule has 1 saturated heterocycles. The summed E-state index contributed by atoms with van der Waals surface area (Å²) in [5, 5.41) is 0.867. The summed E-state index contributed by atoms with van der Waals surface area (Å²) < 4.78 is 2.13. The first-order valence-corrected chi connectivity index (χ1v) is 10.2. The number of ketones is 1. The van der Waals surface area contributed by atoms with Crippen molar-refractivity contribution in [2.75, 3.05) is 17.2 Å². The maximum absolute atomic E-state index is 12.6. The third kappa shape index (κ3) is 3.49. The first-order chi connectivity index (χ1) is 13.2. The standard InChI is InChI=1S/C21H21N3O2S/c1-2-23-18-7-4-3-6-17(18)22-21(23)27-14-19(25)15-9-11-16(12-10-15)24-13-5-8-20(24)26/h3-4,6-7,9-12H,2,5,8,13-14H2,1H3. The fraction of sp³-hybridized carbons (Fsp3) is 0.286. The van der Waals surface area contributed by atoms with Gasteiger partial charge in [0.15, 0.2) is 10.9 Å². The van der Waals surface area contributed by atoms with Crippen molar-refractivity contribution < 1.29 is 9.59 Å². The van der Waals surface area contributed by atoms with Crippen molar-refractivity contribution in [2.24, 2.45) is 0 Å². The number of carbonyl (C=O) groups is 2. The number of para-hydroxylation sites is 2. The third-order valence-corrected chi connectivity index (χ3v) is 5.82.